The van der Waals surface area contributed by atoms with Gasteiger partial charge in [0.25, 0.3) is 0 Å². The lowest BCUT2D eigenvalue weighted by atomic mass is 10.2. The molecule has 0 aromatic rings. The Morgan fingerprint density at radius 1 is 0.679 bits per heavy atom. The van der Waals surface area contributed by atoms with Crippen molar-refractivity contribution in [1.29, 1.82) is 0 Å². The molecule has 3 N–H and O–H groups in total. The van der Waals surface area contributed by atoms with Gasteiger partial charge in [-0.2, -0.15) is 0 Å². The van der Waals surface area contributed by atoms with Crippen LogP contribution in [0.15, 0.2) is 0 Å². The summed E-state index contributed by atoms with van der Waals surface area (Å²) in [4.78, 5) is 1.87. The van der Waals surface area contributed by atoms with E-state index in [2.05, 4.69) is 13.8 Å². The molecule has 0 rings (SSSR count). The number of rotatable bonds is 22. The molecule has 0 aliphatic heterocycles. The maximum atomic E-state index is 10.2. The molecule has 0 radical (unpaired) electrons. The zero-order chi connectivity index (χ0) is 20.9. The Kier molecular flexibility index (Phi) is 21.3. The highest BCUT2D eigenvalue weighted by atomic mass is 16.5. The Morgan fingerprint density at radius 2 is 1.11 bits per heavy atom. The molecule has 0 aromatic heterocycles. The quantitative estimate of drug-likeness (QED) is 0.240. The molecule has 0 fully saturated rings. The fraction of sp³-hybridized carbons (Fsp3) is 1.00. The Morgan fingerprint density at radius 3 is 1.50 bits per heavy atom. The minimum atomic E-state index is -0.617. The highest BCUT2D eigenvalue weighted by molar-refractivity contribution is 4.68. The number of ether oxygens (including phenoxy) is 2. The van der Waals surface area contributed by atoms with Gasteiger partial charge in [-0.25, -0.2) is 0 Å². The summed E-state index contributed by atoms with van der Waals surface area (Å²) in [6.45, 7) is 7.50. The van der Waals surface area contributed by atoms with Gasteiger partial charge in [0.2, 0.25) is 0 Å². The third-order valence-electron chi connectivity index (χ3n) is 4.76. The Bertz CT molecular complexity index is 281. The fourth-order valence-corrected chi connectivity index (χ4v) is 3.15. The minimum Gasteiger partial charge on any atom is -0.395 e. The lowest BCUT2D eigenvalue weighted by Crippen LogP contribution is -2.42. The van der Waals surface area contributed by atoms with Crippen molar-refractivity contribution in [2.75, 3.05) is 52.7 Å². The molecule has 0 amide bonds. The highest BCUT2D eigenvalue weighted by Crippen LogP contribution is 2.04. The first kappa shape index (κ1) is 27.8. The Hall–Kier alpha value is -0.240. The molecular formula is C22H47NO5. The van der Waals surface area contributed by atoms with Gasteiger partial charge in [0.15, 0.2) is 0 Å². The van der Waals surface area contributed by atoms with E-state index in [1.165, 1.54) is 51.4 Å². The molecule has 0 aliphatic rings. The molecule has 2 unspecified atom stereocenters. The van der Waals surface area contributed by atoms with Gasteiger partial charge in [0, 0.05) is 32.8 Å². The number of aliphatic hydroxyl groups is 3. The van der Waals surface area contributed by atoms with Crippen LogP contribution >= 0.6 is 0 Å². The molecule has 0 bridgehead atoms. The van der Waals surface area contributed by atoms with Crippen LogP contribution in [0.1, 0.15) is 78.1 Å². The van der Waals surface area contributed by atoms with Gasteiger partial charge in [-0.05, 0) is 12.8 Å². The molecule has 0 saturated heterocycles. The van der Waals surface area contributed by atoms with Crippen molar-refractivity contribution in [1.82, 2.24) is 4.90 Å². The number of hydrogen-bond acceptors (Lipinski definition) is 6. The largest absolute Gasteiger partial charge is 0.395 e. The van der Waals surface area contributed by atoms with Crippen LogP contribution < -0.4 is 0 Å². The molecule has 170 valence electrons. The minimum absolute atomic E-state index is 0.00396. The molecule has 0 aromatic carbocycles. The second-order valence-electron chi connectivity index (χ2n) is 7.77. The summed E-state index contributed by atoms with van der Waals surface area (Å²) in [6, 6.07) is 0. The van der Waals surface area contributed by atoms with Crippen molar-refractivity contribution in [3.05, 3.63) is 0 Å². The summed E-state index contributed by atoms with van der Waals surface area (Å²) in [6.07, 6.45) is 10.7. The normalized spacial score (nSPS) is 13.9. The third-order valence-corrected chi connectivity index (χ3v) is 4.76. The van der Waals surface area contributed by atoms with Crippen LogP contribution in [0.4, 0.5) is 0 Å². The van der Waals surface area contributed by atoms with E-state index >= 15 is 0 Å². The average molecular weight is 406 g/mol. The number of unbranched alkanes of at least 4 members (excludes halogenated alkanes) is 8. The van der Waals surface area contributed by atoms with Gasteiger partial charge in [-0.15, -0.1) is 0 Å². The van der Waals surface area contributed by atoms with E-state index in [1.807, 2.05) is 4.90 Å². The van der Waals surface area contributed by atoms with Crippen molar-refractivity contribution in [3.63, 3.8) is 0 Å². The first-order chi connectivity index (χ1) is 13.6. The fourth-order valence-electron chi connectivity index (χ4n) is 3.15. The highest BCUT2D eigenvalue weighted by Gasteiger charge is 2.16. The topological polar surface area (TPSA) is 82.4 Å². The van der Waals surface area contributed by atoms with Gasteiger partial charge < -0.3 is 24.8 Å². The SMILES string of the molecule is CCCCCCCOCC(O)CN(CCO)CC(O)COCCCCCCC. The van der Waals surface area contributed by atoms with Crippen LogP contribution in [-0.4, -0.2) is 85.1 Å². The summed E-state index contributed by atoms with van der Waals surface area (Å²) in [5.74, 6) is 0. The van der Waals surface area contributed by atoms with Gasteiger partial charge in [-0.3, -0.25) is 4.90 Å². The lowest BCUT2D eigenvalue weighted by Gasteiger charge is -2.26. The molecule has 6 nitrogen and oxygen atoms in total. The molecule has 0 aliphatic carbocycles. The maximum absolute atomic E-state index is 10.2. The zero-order valence-corrected chi connectivity index (χ0v) is 18.5. The summed E-state index contributed by atoms with van der Waals surface area (Å²) in [5.41, 5.74) is 0. The summed E-state index contributed by atoms with van der Waals surface area (Å²) < 4.78 is 11.1. The smallest absolute Gasteiger partial charge is 0.0900 e. The van der Waals surface area contributed by atoms with Crippen molar-refractivity contribution in [2.45, 2.75) is 90.3 Å². The molecular weight excluding hydrogens is 358 g/mol. The number of nitrogens with zero attached hydrogens (tertiary/aromatic N) is 1. The van der Waals surface area contributed by atoms with Crippen LogP contribution in [0.2, 0.25) is 0 Å². The van der Waals surface area contributed by atoms with Crippen molar-refractivity contribution >= 4 is 0 Å². The summed E-state index contributed by atoms with van der Waals surface area (Å²) in [5, 5.41) is 29.5. The second kappa shape index (κ2) is 21.5. The first-order valence-corrected chi connectivity index (χ1v) is 11.5. The van der Waals surface area contributed by atoms with E-state index in [4.69, 9.17) is 9.47 Å². The van der Waals surface area contributed by atoms with Crippen LogP contribution in [0, 0.1) is 0 Å². The third kappa shape index (κ3) is 19.1. The van der Waals surface area contributed by atoms with Crippen LogP contribution in [0.5, 0.6) is 0 Å². The van der Waals surface area contributed by atoms with Crippen LogP contribution in [0.3, 0.4) is 0 Å². The van der Waals surface area contributed by atoms with Crippen LogP contribution in [0.25, 0.3) is 0 Å². The molecule has 0 spiro atoms. The molecule has 0 heterocycles. The van der Waals surface area contributed by atoms with Gasteiger partial charge in [0.05, 0.1) is 32.0 Å². The van der Waals surface area contributed by atoms with Crippen molar-refractivity contribution < 1.29 is 24.8 Å². The molecule has 0 saturated carbocycles. The predicted molar refractivity (Wildman–Crippen MR) is 115 cm³/mol. The summed E-state index contributed by atoms with van der Waals surface area (Å²) >= 11 is 0. The van der Waals surface area contributed by atoms with E-state index < -0.39 is 12.2 Å². The van der Waals surface area contributed by atoms with Gasteiger partial charge in [-0.1, -0.05) is 65.2 Å². The van der Waals surface area contributed by atoms with E-state index in [1.54, 1.807) is 0 Å². The lowest BCUT2D eigenvalue weighted by molar-refractivity contribution is -0.0139. The van der Waals surface area contributed by atoms with Gasteiger partial charge in [0.1, 0.15) is 0 Å². The van der Waals surface area contributed by atoms with Crippen molar-refractivity contribution in [2.24, 2.45) is 0 Å². The first-order valence-electron chi connectivity index (χ1n) is 11.5. The van der Waals surface area contributed by atoms with E-state index in [0.717, 1.165) is 12.8 Å². The number of hydrogen-bond donors (Lipinski definition) is 3. The average Bonchev–Trinajstić information content (AvgIpc) is 2.66. The second-order valence-corrected chi connectivity index (χ2v) is 7.77. The van der Waals surface area contributed by atoms with E-state index in [0.29, 0.717) is 46.1 Å². The Labute approximate surface area is 173 Å². The van der Waals surface area contributed by atoms with E-state index in [-0.39, 0.29) is 6.61 Å². The zero-order valence-electron chi connectivity index (χ0n) is 18.5. The standard InChI is InChI=1S/C22H47NO5/c1-3-5-7-9-11-15-27-19-21(25)17-23(13-14-24)18-22(26)20-28-16-12-10-8-6-4-2/h21-22,24-26H,3-20H2,1-2H3. The van der Waals surface area contributed by atoms with Gasteiger partial charge >= 0.3 is 0 Å². The van der Waals surface area contributed by atoms with Crippen LogP contribution in [-0.2, 0) is 9.47 Å². The Balaban J connectivity index is 3.80. The van der Waals surface area contributed by atoms with E-state index in [9.17, 15) is 15.3 Å². The number of aliphatic hydroxyl groups excluding tert-OH is 3. The monoisotopic (exact) mass is 405 g/mol. The predicted octanol–water partition coefficient (Wildman–Crippen LogP) is 2.98. The molecule has 6 heteroatoms. The molecule has 28 heavy (non-hydrogen) atoms. The molecule has 2 atom stereocenters. The summed E-state index contributed by atoms with van der Waals surface area (Å²) in [7, 11) is 0. The van der Waals surface area contributed by atoms with Crippen molar-refractivity contribution in [3.8, 4) is 0 Å². The maximum Gasteiger partial charge on any atom is 0.0900 e.